The first-order valence-electron chi connectivity index (χ1n) is 7.82. The number of ketones is 1. The fraction of sp³-hybridized carbons (Fsp3) is 0.529. The van der Waals surface area contributed by atoms with Gasteiger partial charge in [0.1, 0.15) is 6.04 Å². The molecule has 2 aliphatic rings. The summed E-state index contributed by atoms with van der Waals surface area (Å²) in [6.07, 6.45) is 1.69. The highest BCUT2D eigenvalue weighted by atomic mass is 16.7. The Bertz CT molecular complexity index is 647. The third-order valence-corrected chi connectivity index (χ3v) is 4.00. The summed E-state index contributed by atoms with van der Waals surface area (Å²) in [6, 6.07) is 3.19. The molecule has 1 unspecified atom stereocenters. The van der Waals surface area contributed by atoms with Gasteiger partial charge in [-0.3, -0.25) is 9.59 Å². The number of ether oxygens (including phenoxy) is 3. The summed E-state index contributed by atoms with van der Waals surface area (Å²) in [5, 5.41) is 3.05. The van der Waals surface area contributed by atoms with E-state index in [9.17, 15) is 9.59 Å². The molecule has 1 fully saturated rings. The van der Waals surface area contributed by atoms with E-state index in [1.807, 2.05) is 6.92 Å². The number of nitrogens with one attached hydrogen (secondary N) is 1. The lowest BCUT2D eigenvalue weighted by atomic mass is 10.1. The third kappa shape index (κ3) is 3.17. The van der Waals surface area contributed by atoms with Crippen LogP contribution in [-0.2, 0) is 9.53 Å². The Morgan fingerprint density at radius 1 is 1.30 bits per heavy atom. The van der Waals surface area contributed by atoms with Crippen LogP contribution in [0, 0.1) is 6.92 Å². The van der Waals surface area contributed by atoms with Crippen molar-refractivity contribution in [3.63, 3.8) is 0 Å². The molecule has 2 heterocycles. The Labute approximate surface area is 135 Å². The van der Waals surface area contributed by atoms with Crippen LogP contribution >= 0.6 is 0 Å². The third-order valence-electron chi connectivity index (χ3n) is 4.00. The number of hydrogen-bond acceptors (Lipinski definition) is 6. The van der Waals surface area contributed by atoms with E-state index in [4.69, 9.17) is 14.2 Å². The highest BCUT2D eigenvalue weighted by Crippen LogP contribution is 2.44. The molecule has 0 amide bonds. The van der Waals surface area contributed by atoms with Crippen LogP contribution in [0.2, 0.25) is 0 Å². The zero-order chi connectivity index (χ0) is 16.6. The predicted octanol–water partition coefficient (Wildman–Crippen LogP) is 1.98. The highest BCUT2D eigenvalue weighted by Gasteiger charge is 2.36. The number of carbonyl (C=O) groups is 2. The van der Waals surface area contributed by atoms with Gasteiger partial charge in [-0.1, -0.05) is 6.07 Å². The molecule has 2 aliphatic heterocycles. The first-order valence-corrected chi connectivity index (χ1v) is 7.82. The number of rotatable bonds is 4. The smallest absolute Gasteiger partial charge is 0.323 e. The molecule has 1 aromatic carbocycles. The maximum atomic E-state index is 12.4. The number of esters is 1. The maximum absolute atomic E-state index is 12.4. The van der Waals surface area contributed by atoms with Crippen LogP contribution in [0.5, 0.6) is 11.5 Å². The monoisotopic (exact) mass is 319 g/mol. The molecule has 1 aromatic rings. The van der Waals surface area contributed by atoms with Crippen molar-refractivity contribution >= 4 is 11.8 Å². The number of carbonyl (C=O) groups excluding carboxylic acids is 2. The van der Waals surface area contributed by atoms with Crippen molar-refractivity contribution in [3.05, 3.63) is 23.3 Å². The van der Waals surface area contributed by atoms with Gasteiger partial charge in [0.25, 0.3) is 0 Å². The van der Waals surface area contributed by atoms with Gasteiger partial charge in [0.2, 0.25) is 11.6 Å². The Kier molecular flexibility index (Phi) is 4.02. The molecule has 23 heavy (non-hydrogen) atoms. The minimum Gasteiger partial charge on any atom is -0.456 e. The van der Waals surface area contributed by atoms with E-state index >= 15 is 0 Å². The van der Waals surface area contributed by atoms with Gasteiger partial charge in [0.15, 0.2) is 18.1 Å². The summed E-state index contributed by atoms with van der Waals surface area (Å²) in [5.41, 5.74) is 1.28. The Balaban J connectivity index is 1.71. The molecule has 0 aliphatic carbocycles. The first-order chi connectivity index (χ1) is 10.9. The Hall–Kier alpha value is -2.08. The minimum atomic E-state index is -0.812. The lowest BCUT2D eigenvalue weighted by Crippen LogP contribution is -2.33. The van der Waals surface area contributed by atoms with Crippen LogP contribution in [0.3, 0.4) is 0 Å². The quantitative estimate of drug-likeness (QED) is 0.676. The van der Waals surface area contributed by atoms with Crippen LogP contribution in [0.1, 0.15) is 42.6 Å². The summed E-state index contributed by atoms with van der Waals surface area (Å²) in [7, 11) is 0. The van der Waals surface area contributed by atoms with Crippen molar-refractivity contribution in [2.24, 2.45) is 0 Å². The molecule has 6 heteroatoms. The minimum absolute atomic E-state index is 0.295. The number of benzene rings is 1. The number of fused-ring (bicyclic) bond motifs is 1. The summed E-state index contributed by atoms with van der Waals surface area (Å²) in [4.78, 5) is 24.3. The van der Waals surface area contributed by atoms with Crippen LogP contribution in [0.15, 0.2) is 12.1 Å². The first kappa shape index (κ1) is 15.8. The Morgan fingerprint density at radius 3 is 2.74 bits per heavy atom. The van der Waals surface area contributed by atoms with Crippen molar-refractivity contribution in [1.82, 2.24) is 5.32 Å². The van der Waals surface area contributed by atoms with Gasteiger partial charge in [-0.2, -0.15) is 0 Å². The zero-order valence-corrected chi connectivity index (χ0v) is 13.6. The molecule has 1 atom stereocenters. The van der Waals surface area contributed by atoms with Gasteiger partial charge >= 0.3 is 5.97 Å². The second-order valence-electron chi connectivity index (χ2n) is 6.37. The van der Waals surface area contributed by atoms with Crippen molar-refractivity contribution < 1.29 is 23.8 Å². The van der Waals surface area contributed by atoms with Crippen LogP contribution < -0.4 is 14.8 Å². The number of aryl methyl sites for hydroxylation is 1. The molecule has 6 nitrogen and oxygen atoms in total. The lowest BCUT2D eigenvalue weighted by Gasteiger charge is -2.16. The lowest BCUT2D eigenvalue weighted by molar-refractivity contribution is -0.144. The number of Topliss-reactive ketones (excluding diaryl/α,β-unsaturated/α-hetero) is 1. The predicted molar refractivity (Wildman–Crippen MR) is 82.8 cm³/mol. The molecule has 124 valence electrons. The average Bonchev–Trinajstić information content (AvgIpc) is 3.12. The molecular weight excluding hydrogens is 298 g/mol. The van der Waals surface area contributed by atoms with E-state index < -0.39 is 5.79 Å². The van der Waals surface area contributed by atoms with E-state index in [0.29, 0.717) is 17.1 Å². The van der Waals surface area contributed by atoms with Gasteiger partial charge in [-0.15, -0.1) is 0 Å². The summed E-state index contributed by atoms with van der Waals surface area (Å²) < 4.78 is 16.6. The standard InChI is InChI=1S/C17H21NO5/c1-10-6-7-11(15-14(10)22-17(2,3)23-15)13(19)9-21-16(20)12-5-4-8-18-12/h6-7,12,18H,4-5,8-9H2,1-3H3. The van der Waals surface area contributed by atoms with E-state index in [2.05, 4.69) is 5.32 Å². The second-order valence-corrected chi connectivity index (χ2v) is 6.37. The number of hydrogen-bond donors (Lipinski definition) is 1. The topological polar surface area (TPSA) is 73.9 Å². The summed E-state index contributed by atoms with van der Waals surface area (Å²) in [5.74, 6) is -0.487. The van der Waals surface area contributed by atoms with E-state index in [1.165, 1.54) is 0 Å². The molecule has 0 saturated carbocycles. The van der Waals surface area contributed by atoms with Gasteiger partial charge in [-0.25, -0.2) is 0 Å². The fourth-order valence-electron chi connectivity index (χ4n) is 2.82. The van der Waals surface area contributed by atoms with E-state index in [-0.39, 0.29) is 24.4 Å². The maximum Gasteiger partial charge on any atom is 0.323 e. The van der Waals surface area contributed by atoms with Gasteiger partial charge in [0.05, 0.1) is 5.56 Å². The fourth-order valence-corrected chi connectivity index (χ4v) is 2.82. The summed E-state index contributed by atoms with van der Waals surface area (Å²) >= 11 is 0. The van der Waals surface area contributed by atoms with Crippen molar-refractivity contribution in [2.45, 2.75) is 45.4 Å². The molecule has 0 bridgehead atoms. The van der Waals surface area contributed by atoms with Crippen molar-refractivity contribution in [1.29, 1.82) is 0 Å². The normalized spacial score (nSPS) is 21.3. The molecule has 1 saturated heterocycles. The largest absolute Gasteiger partial charge is 0.456 e. The summed E-state index contributed by atoms with van der Waals surface area (Å²) in [6.45, 7) is 5.97. The van der Waals surface area contributed by atoms with Crippen LogP contribution in [0.25, 0.3) is 0 Å². The highest BCUT2D eigenvalue weighted by molar-refractivity contribution is 6.01. The molecule has 0 radical (unpaired) electrons. The average molecular weight is 319 g/mol. The molecule has 0 spiro atoms. The SMILES string of the molecule is Cc1ccc(C(=O)COC(=O)C2CCCN2)c2c1OC(C)(C)O2. The van der Waals surface area contributed by atoms with Gasteiger partial charge < -0.3 is 19.5 Å². The van der Waals surface area contributed by atoms with Crippen LogP contribution in [0.4, 0.5) is 0 Å². The van der Waals surface area contributed by atoms with Gasteiger partial charge in [-0.05, 0) is 37.9 Å². The van der Waals surface area contributed by atoms with Gasteiger partial charge in [0, 0.05) is 13.8 Å². The second kappa shape index (κ2) is 5.85. The molecular formula is C17H21NO5. The molecule has 1 N–H and O–H groups in total. The van der Waals surface area contributed by atoms with Crippen molar-refractivity contribution in [2.75, 3.05) is 13.2 Å². The Morgan fingerprint density at radius 2 is 2.04 bits per heavy atom. The van der Waals surface area contributed by atoms with Crippen LogP contribution in [-0.4, -0.2) is 36.7 Å². The van der Waals surface area contributed by atoms with E-state index in [0.717, 1.165) is 24.9 Å². The van der Waals surface area contributed by atoms with E-state index in [1.54, 1.807) is 26.0 Å². The van der Waals surface area contributed by atoms with Crippen molar-refractivity contribution in [3.8, 4) is 11.5 Å². The zero-order valence-electron chi connectivity index (χ0n) is 13.6. The molecule has 0 aromatic heterocycles. The molecule has 3 rings (SSSR count).